The highest BCUT2D eigenvalue weighted by Gasteiger charge is 2.26. The summed E-state index contributed by atoms with van der Waals surface area (Å²) < 4.78 is 0. The lowest BCUT2D eigenvalue weighted by molar-refractivity contribution is -0.129. The van der Waals surface area contributed by atoms with Crippen molar-refractivity contribution < 1.29 is 14.4 Å². The van der Waals surface area contributed by atoms with Gasteiger partial charge in [-0.3, -0.25) is 14.4 Å². The first-order valence-corrected chi connectivity index (χ1v) is 10.1. The quantitative estimate of drug-likeness (QED) is 0.529. The van der Waals surface area contributed by atoms with Gasteiger partial charge in [0.15, 0.2) is 0 Å². The van der Waals surface area contributed by atoms with Crippen LogP contribution < -0.4 is 16.0 Å². The molecule has 0 aliphatic heterocycles. The average molecular weight is 415 g/mol. The molecule has 6 nitrogen and oxygen atoms in total. The van der Waals surface area contributed by atoms with E-state index >= 15 is 0 Å². The predicted molar refractivity (Wildman–Crippen MR) is 119 cm³/mol. The zero-order chi connectivity index (χ0) is 22.1. The SMILES string of the molecule is CC(NC(=O)C(NC(=O)c1ccccc1)c1ccccc1)C(=O)NCc1ccccc1. The summed E-state index contributed by atoms with van der Waals surface area (Å²) in [6.07, 6.45) is 0. The van der Waals surface area contributed by atoms with Crippen LogP contribution in [-0.4, -0.2) is 23.8 Å². The minimum absolute atomic E-state index is 0.307. The van der Waals surface area contributed by atoms with Gasteiger partial charge in [-0.15, -0.1) is 0 Å². The average Bonchev–Trinajstić information content (AvgIpc) is 2.82. The van der Waals surface area contributed by atoms with Crippen molar-refractivity contribution in [1.29, 1.82) is 0 Å². The molecule has 0 saturated carbocycles. The lowest BCUT2D eigenvalue weighted by Crippen LogP contribution is -2.49. The first-order chi connectivity index (χ1) is 15.0. The molecule has 3 rings (SSSR count). The third-order valence-corrected chi connectivity index (χ3v) is 4.77. The van der Waals surface area contributed by atoms with Gasteiger partial charge in [-0.2, -0.15) is 0 Å². The third-order valence-electron chi connectivity index (χ3n) is 4.77. The standard InChI is InChI=1S/C25H25N3O3/c1-18(23(29)26-17-19-11-5-2-6-12-19)27-25(31)22(20-13-7-3-8-14-20)28-24(30)21-15-9-4-10-16-21/h2-16,18,22H,17H2,1H3,(H,26,29)(H,27,31)(H,28,30). The lowest BCUT2D eigenvalue weighted by atomic mass is 10.0. The minimum Gasteiger partial charge on any atom is -0.350 e. The first-order valence-electron chi connectivity index (χ1n) is 10.1. The van der Waals surface area contributed by atoms with Crippen molar-refractivity contribution >= 4 is 17.7 Å². The van der Waals surface area contributed by atoms with E-state index in [-0.39, 0.29) is 11.8 Å². The van der Waals surface area contributed by atoms with Crippen LogP contribution in [0.2, 0.25) is 0 Å². The van der Waals surface area contributed by atoms with Gasteiger partial charge in [0.05, 0.1) is 0 Å². The molecule has 0 aliphatic carbocycles. The molecule has 31 heavy (non-hydrogen) atoms. The van der Waals surface area contributed by atoms with E-state index in [1.807, 2.05) is 42.5 Å². The number of benzene rings is 3. The van der Waals surface area contributed by atoms with E-state index < -0.39 is 18.0 Å². The van der Waals surface area contributed by atoms with Gasteiger partial charge in [0.1, 0.15) is 12.1 Å². The highest BCUT2D eigenvalue weighted by molar-refractivity contribution is 5.98. The van der Waals surface area contributed by atoms with Crippen LogP contribution in [0.5, 0.6) is 0 Å². The van der Waals surface area contributed by atoms with E-state index in [1.54, 1.807) is 55.5 Å². The second-order valence-corrected chi connectivity index (χ2v) is 7.12. The molecule has 3 aromatic carbocycles. The second-order valence-electron chi connectivity index (χ2n) is 7.12. The van der Waals surface area contributed by atoms with Gasteiger partial charge in [0.25, 0.3) is 5.91 Å². The molecule has 0 fully saturated rings. The molecule has 0 radical (unpaired) electrons. The van der Waals surface area contributed by atoms with Crippen molar-refractivity contribution in [2.45, 2.75) is 25.6 Å². The molecule has 0 saturated heterocycles. The van der Waals surface area contributed by atoms with Crippen molar-refractivity contribution in [2.75, 3.05) is 0 Å². The zero-order valence-corrected chi connectivity index (χ0v) is 17.2. The molecule has 3 N–H and O–H groups in total. The summed E-state index contributed by atoms with van der Waals surface area (Å²) in [4.78, 5) is 38.1. The molecular weight excluding hydrogens is 390 g/mol. The van der Waals surface area contributed by atoms with E-state index in [1.165, 1.54) is 0 Å². The summed E-state index contributed by atoms with van der Waals surface area (Å²) in [6.45, 7) is 1.98. The maximum absolute atomic E-state index is 13.0. The fourth-order valence-electron chi connectivity index (χ4n) is 3.05. The molecule has 2 unspecified atom stereocenters. The van der Waals surface area contributed by atoms with Gasteiger partial charge >= 0.3 is 0 Å². The third kappa shape index (κ3) is 6.27. The Balaban J connectivity index is 1.66. The van der Waals surface area contributed by atoms with Crippen molar-refractivity contribution in [2.24, 2.45) is 0 Å². The number of nitrogens with one attached hydrogen (secondary N) is 3. The van der Waals surface area contributed by atoms with Crippen molar-refractivity contribution in [3.63, 3.8) is 0 Å². The van der Waals surface area contributed by atoms with Crippen LogP contribution in [0.25, 0.3) is 0 Å². The molecule has 0 aliphatic rings. The fourth-order valence-corrected chi connectivity index (χ4v) is 3.05. The summed E-state index contributed by atoms with van der Waals surface area (Å²) in [5.74, 6) is -1.14. The van der Waals surface area contributed by atoms with Crippen LogP contribution in [-0.2, 0) is 16.1 Å². The van der Waals surface area contributed by atoms with E-state index in [9.17, 15) is 14.4 Å². The highest BCUT2D eigenvalue weighted by Crippen LogP contribution is 2.14. The minimum atomic E-state index is -0.932. The molecular formula is C25H25N3O3. The van der Waals surface area contributed by atoms with Crippen LogP contribution in [0.1, 0.15) is 34.5 Å². The Kier molecular flexibility index (Phi) is 7.54. The Morgan fingerprint density at radius 2 is 1.26 bits per heavy atom. The molecule has 3 aromatic rings. The maximum Gasteiger partial charge on any atom is 0.252 e. The lowest BCUT2D eigenvalue weighted by Gasteiger charge is -2.21. The summed E-state index contributed by atoms with van der Waals surface area (Å²) >= 11 is 0. The van der Waals surface area contributed by atoms with Crippen LogP contribution >= 0.6 is 0 Å². The van der Waals surface area contributed by atoms with Gasteiger partial charge in [-0.05, 0) is 30.2 Å². The van der Waals surface area contributed by atoms with Gasteiger partial charge < -0.3 is 16.0 Å². The second kappa shape index (κ2) is 10.7. The van der Waals surface area contributed by atoms with E-state index in [0.717, 1.165) is 5.56 Å². The smallest absolute Gasteiger partial charge is 0.252 e. The molecule has 0 bridgehead atoms. The summed E-state index contributed by atoms with van der Waals surface area (Å²) in [6, 6.07) is 25.4. The molecule has 2 atom stereocenters. The molecule has 158 valence electrons. The van der Waals surface area contributed by atoms with Gasteiger partial charge in [-0.1, -0.05) is 78.9 Å². The summed E-state index contributed by atoms with van der Waals surface area (Å²) in [5, 5.41) is 8.28. The number of hydrogen-bond acceptors (Lipinski definition) is 3. The molecule has 0 aromatic heterocycles. The Bertz CT molecular complexity index is 1010. The van der Waals surface area contributed by atoms with Crippen LogP contribution in [0.4, 0.5) is 0 Å². The monoisotopic (exact) mass is 415 g/mol. The van der Waals surface area contributed by atoms with Crippen molar-refractivity contribution in [3.05, 3.63) is 108 Å². The number of amides is 3. The van der Waals surface area contributed by atoms with E-state index in [0.29, 0.717) is 17.7 Å². The molecule has 0 heterocycles. The Hall–Kier alpha value is -3.93. The first kappa shape index (κ1) is 21.8. The van der Waals surface area contributed by atoms with E-state index in [4.69, 9.17) is 0 Å². The topological polar surface area (TPSA) is 87.3 Å². The van der Waals surface area contributed by atoms with Gasteiger partial charge in [0.2, 0.25) is 11.8 Å². The summed E-state index contributed by atoms with van der Waals surface area (Å²) in [5.41, 5.74) is 2.04. The van der Waals surface area contributed by atoms with Crippen LogP contribution in [0, 0.1) is 0 Å². The van der Waals surface area contributed by atoms with Gasteiger partial charge in [-0.25, -0.2) is 0 Å². The normalized spacial score (nSPS) is 12.3. The van der Waals surface area contributed by atoms with Crippen molar-refractivity contribution in [3.8, 4) is 0 Å². The maximum atomic E-state index is 13.0. The predicted octanol–water partition coefficient (Wildman–Crippen LogP) is 2.98. The highest BCUT2D eigenvalue weighted by atomic mass is 16.2. The zero-order valence-electron chi connectivity index (χ0n) is 17.2. The summed E-state index contributed by atoms with van der Waals surface area (Å²) in [7, 11) is 0. The van der Waals surface area contributed by atoms with Crippen molar-refractivity contribution in [1.82, 2.24) is 16.0 Å². The van der Waals surface area contributed by atoms with Crippen LogP contribution in [0.15, 0.2) is 91.0 Å². The van der Waals surface area contributed by atoms with E-state index in [2.05, 4.69) is 16.0 Å². The Morgan fingerprint density at radius 3 is 1.87 bits per heavy atom. The van der Waals surface area contributed by atoms with Crippen LogP contribution in [0.3, 0.4) is 0 Å². The number of hydrogen-bond donors (Lipinski definition) is 3. The number of rotatable bonds is 8. The Labute approximate surface area is 181 Å². The number of carbonyl (C=O) groups is 3. The fraction of sp³-hybridized carbons (Fsp3) is 0.160. The van der Waals surface area contributed by atoms with Gasteiger partial charge in [0, 0.05) is 12.1 Å². The molecule has 0 spiro atoms. The Morgan fingerprint density at radius 1 is 0.710 bits per heavy atom. The largest absolute Gasteiger partial charge is 0.350 e. The molecule has 3 amide bonds. The molecule has 6 heteroatoms. The number of carbonyl (C=O) groups excluding carboxylic acids is 3.